The first-order chi connectivity index (χ1) is 8.96. The topological polar surface area (TPSA) is 38.2 Å². The Hall–Kier alpha value is -0.750. The van der Waals surface area contributed by atoms with Gasteiger partial charge in [0, 0.05) is 18.4 Å². The van der Waals surface area contributed by atoms with Crippen LogP contribution in [0.2, 0.25) is 0 Å². The van der Waals surface area contributed by atoms with E-state index in [1.54, 1.807) is 0 Å². The average Bonchev–Trinajstić information content (AvgIpc) is 2.37. The van der Waals surface area contributed by atoms with Crippen LogP contribution in [0.15, 0.2) is 6.33 Å². The molecular weight excluding hydrogens is 313 g/mol. The van der Waals surface area contributed by atoms with Crippen molar-refractivity contribution in [2.75, 3.05) is 23.3 Å². The monoisotopic (exact) mass is 331 g/mol. The number of halogens is 2. The molecule has 6 heteroatoms. The summed E-state index contributed by atoms with van der Waals surface area (Å²) in [7, 11) is 0. The highest BCUT2D eigenvalue weighted by atomic mass is 79.9. The molecular formula is C13H19BrFN3O. The minimum Gasteiger partial charge on any atom is -0.368 e. The zero-order valence-corrected chi connectivity index (χ0v) is 13.1. The summed E-state index contributed by atoms with van der Waals surface area (Å²) in [5.41, 5.74) is 0.144. The number of ether oxygens (including phenoxy) is 1. The third-order valence-electron chi connectivity index (χ3n) is 3.13. The predicted octanol–water partition coefficient (Wildman–Crippen LogP) is 2.56. The van der Waals surface area contributed by atoms with Gasteiger partial charge in [-0.15, -0.1) is 0 Å². The first-order valence-electron chi connectivity index (χ1n) is 6.45. The van der Waals surface area contributed by atoms with Crippen LogP contribution in [0.4, 0.5) is 10.2 Å². The van der Waals surface area contributed by atoms with Crippen molar-refractivity contribution in [2.24, 2.45) is 0 Å². The van der Waals surface area contributed by atoms with E-state index in [2.05, 4.69) is 25.9 Å². The number of aromatic nitrogens is 2. The molecule has 1 unspecified atom stereocenters. The molecule has 0 saturated carbocycles. The molecule has 2 rings (SSSR count). The third-order valence-corrected chi connectivity index (χ3v) is 3.85. The molecule has 1 aromatic rings. The van der Waals surface area contributed by atoms with Gasteiger partial charge in [0.2, 0.25) is 0 Å². The Bertz CT molecular complexity index is 456. The Morgan fingerprint density at radius 2 is 2.26 bits per heavy atom. The molecule has 0 aromatic carbocycles. The van der Waals surface area contributed by atoms with E-state index in [1.165, 1.54) is 6.33 Å². The molecule has 19 heavy (non-hydrogen) atoms. The third kappa shape index (κ3) is 3.23. The van der Waals surface area contributed by atoms with Crippen molar-refractivity contribution in [2.45, 2.75) is 38.9 Å². The molecule has 1 saturated heterocycles. The molecule has 0 bridgehead atoms. The number of aryl methyl sites for hydroxylation is 1. The Kier molecular flexibility index (Phi) is 4.40. The van der Waals surface area contributed by atoms with Crippen molar-refractivity contribution < 1.29 is 9.13 Å². The number of anilines is 1. The van der Waals surface area contributed by atoms with Gasteiger partial charge in [-0.2, -0.15) is 0 Å². The molecule has 4 nitrogen and oxygen atoms in total. The molecule has 0 aliphatic carbocycles. The predicted molar refractivity (Wildman–Crippen MR) is 76.3 cm³/mol. The minimum atomic E-state index is -0.319. The van der Waals surface area contributed by atoms with E-state index in [1.807, 2.05) is 25.7 Å². The summed E-state index contributed by atoms with van der Waals surface area (Å²) in [6.45, 7) is 7.16. The summed E-state index contributed by atoms with van der Waals surface area (Å²) in [6, 6.07) is 0. The van der Waals surface area contributed by atoms with Gasteiger partial charge in [-0.05, 0) is 20.3 Å². The van der Waals surface area contributed by atoms with Crippen molar-refractivity contribution in [3.05, 3.63) is 17.8 Å². The Morgan fingerprint density at radius 3 is 2.89 bits per heavy atom. The van der Waals surface area contributed by atoms with Crippen LogP contribution in [0, 0.1) is 5.82 Å². The molecule has 1 fully saturated rings. The summed E-state index contributed by atoms with van der Waals surface area (Å²) in [6.07, 6.45) is 2.03. The van der Waals surface area contributed by atoms with E-state index in [0.717, 1.165) is 5.33 Å². The van der Waals surface area contributed by atoms with Crippen LogP contribution in [0.3, 0.4) is 0 Å². The van der Waals surface area contributed by atoms with Crippen LogP contribution in [-0.4, -0.2) is 40.1 Å². The second kappa shape index (κ2) is 5.71. The lowest BCUT2D eigenvalue weighted by molar-refractivity contribution is -0.0727. The zero-order valence-electron chi connectivity index (χ0n) is 11.5. The van der Waals surface area contributed by atoms with E-state index in [4.69, 9.17) is 4.74 Å². The fraction of sp³-hybridized carbons (Fsp3) is 0.692. The summed E-state index contributed by atoms with van der Waals surface area (Å²) in [5, 5.41) is 0.722. The summed E-state index contributed by atoms with van der Waals surface area (Å²) in [4.78, 5) is 10.0. The maximum Gasteiger partial charge on any atom is 0.187 e. The van der Waals surface area contributed by atoms with E-state index < -0.39 is 0 Å². The lowest BCUT2D eigenvalue weighted by atomic mass is 10.1. The Balaban J connectivity index is 2.30. The normalized spacial score (nSPS) is 22.6. The average molecular weight is 332 g/mol. The zero-order chi connectivity index (χ0) is 14.0. The molecule has 1 aliphatic heterocycles. The van der Waals surface area contributed by atoms with Crippen LogP contribution >= 0.6 is 15.9 Å². The van der Waals surface area contributed by atoms with E-state index in [0.29, 0.717) is 31.0 Å². The number of hydrogen-bond donors (Lipinski definition) is 0. The molecule has 0 amide bonds. The lowest BCUT2D eigenvalue weighted by Crippen LogP contribution is -2.54. The molecule has 0 radical (unpaired) electrons. The maximum atomic E-state index is 14.3. The number of nitrogens with zero attached hydrogens (tertiary/aromatic N) is 3. The van der Waals surface area contributed by atoms with Gasteiger partial charge in [0.15, 0.2) is 11.6 Å². The SMILES string of the molecule is CCc1ncnc(N2CC(CBr)OC(C)(C)C2)c1F. The van der Waals surface area contributed by atoms with Gasteiger partial charge < -0.3 is 9.64 Å². The summed E-state index contributed by atoms with van der Waals surface area (Å²) in [5.74, 6) is 0.0743. The number of morpholine rings is 1. The van der Waals surface area contributed by atoms with Crippen LogP contribution in [0.25, 0.3) is 0 Å². The maximum absolute atomic E-state index is 14.3. The second-order valence-corrected chi connectivity index (χ2v) is 5.99. The number of alkyl halides is 1. The van der Waals surface area contributed by atoms with Crippen LogP contribution < -0.4 is 4.90 Å². The number of hydrogen-bond acceptors (Lipinski definition) is 4. The summed E-state index contributed by atoms with van der Waals surface area (Å²) >= 11 is 3.43. The Labute approximate surface area is 121 Å². The molecule has 106 valence electrons. The first-order valence-corrected chi connectivity index (χ1v) is 7.57. The van der Waals surface area contributed by atoms with Gasteiger partial charge in [0.05, 0.1) is 17.4 Å². The van der Waals surface area contributed by atoms with Gasteiger partial charge in [-0.25, -0.2) is 14.4 Å². The van der Waals surface area contributed by atoms with Gasteiger partial charge in [0.25, 0.3) is 0 Å². The van der Waals surface area contributed by atoms with Gasteiger partial charge in [0.1, 0.15) is 6.33 Å². The molecule has 1 atom stereocenters. The van der Waals surface area contributed by atoms with Crippen molar-refractivity contribution in [3.63, 3.8) is 0 Å². The van der Waals surface area contributed by atoms with Gasteiger partial charge >= 0.3 is 0 Å². The Morgan fingerprint density at radius 1 is 1.53 bits per heavy atom. The van der Waals surface area contributed by atoms with E-state index >= 15 is 0 Å². The van der Waals surface area contributed by atoms with Crippen molar-refractivity contribution in [3.8, 4) is 0 Å². The van der Waals surface area contributed by atoms with Gasteiger partial charge in [-0.1, -0.05) is 22.9 Å². The molecule has 1 aliphatic rings. The first kappa shape index (κ1) is 14.7. The standard InChI is InChI=1S/C13H19BrFN3O/c1-4-10-11(15)12(17-8-16-10)18-6-9(5-14)19-13(2,3)7-18/h8-9H,4-7H2,1-3H3. The number of rotatable bonds is 3. The summed E-state index contributed by atoms with van der Waals surface area (Å²) < 4.78 is 20.2. The smallest absolute Gasteiger partial charge is 0.187 e. The van der Waals surface area contributed by atoms with Gasteiger partial charge in [-0.3, -0.25) is 0 Å². The quantitative estimate of drug-likeness (QED) is 0.798. The highest BCUT2D eigenvalue weighted by Crippen LogP contribution is 2.27. The fourth-order valence-electron chi connectivity index (χ4n) is 2.40. The fourth-order valence-corrected chi connectivity index (χ4v) is 2.74. The van der Waals surface area contributed by atoms with Crippen molar-refractivity contribution in [1.29, 1.82) is 0 Å². The molecule has 0 spiro atoms. The van der Waals surface area contributed by atoms with Crippen molar-refractivity contribution in [1.82, 2.24) is 9.97 Å². The van der Waals surface area contributed by atoms with E-state index in [9.17, 15) is 4.39 Å². The van der Waals surface area contributed by atoms with Crippen LogP contribution in [-0.2, 0) is 11.2 Å². The van der Waals surface area contributed by atoms with Crippen molar-refractivity contribution >= 4 is 21.7 Å². The van der Waals surface area contributed by atoms with E-state index in [-0.39, 0.29) is 17.5 Å². The molecule has 0 N–H and O–H groups in total. The van der Waals surface area contributed by atoms with Crippen LogP contribution in [0.5, 0.6) is 0 Å². The highest BCUT2D eigenvalue weighted by molar-refractivity contribution is 9.09. The molecule has 1 aromatic heterocycles. The largest absolute Gasteiger partial charge is 0.368 e. The second-order valence-electron chi connectivity index (χ2n) is 5.35. The molecule has 2 heterocycles. The van der Waals surface area contributed by atoms with Crippen LogP contribution in [0.1, 0.15) is 26.5 Å². The minimum absolute atomic E-state index is 0.0307. The highest BCUT2D eigenvalue weighted by Gasteiger charge is 2.34. The lowest BCUT2D eigenvalue weighted by Gasteiger charge is -2.43.